The van der Waals surface area contributed by atoms with E-state index in [1.54, 1.807) is 19.1 Å². The maximum atomic E-state index is 12.5. The Morgan fingerprint density at radius 3 is 2.30 bits per heavy atom. The molecule has 1 aromatic carbocycles. The summed E-state index contributed by atoms with van der Waals surface area (Å²) in [6.07, 6.45) is 1.65. The van der Waals surface area contributed by atoms with Gasteiger partial charge in [0, 0.05) is 63.2 Å². The Balaban J connectivity index is 1.15. The molecule has 1 aromatic rings. The lowest BCUT2D eigenvalue weighted by Crippen LogP contribution is -2.47. The number of anilines is 1. The Morgan fingerprint density at radius 2 is 1.65 bits per heavy atom. The molecular formula is C31H43N5O9S. The second kappa shape index (κ2) is 19.1. The Labute approximate surface area is 272 Å². The molecule has 2 heterocycles. The number of thioether (sulfide) groups is 1. The fourth-order valence-corrected chi connectivity index (χ4v) is 5.68. The summed E-state index contributed by atoms with van der Waals surface area (Å²) in [5.74, 6) is -1.15. The maximum Gasteiger partial charge on any atom is 0.242 e. The van der Waals surface area contributed by atoms with E-state index < -0.39 is 11.3 Å². The van der Waals surface area contributed by atoms with Crippen LogP contribution in [0, 0.1) is 0 Å². The number of ether oxygens (including phenoxy) is 2. The number of nitrogens with one attached hydrogen (secondary N) is 2. The summed E-state index contributed by atoms with van der Waals surface area (Å²) in [6, 6.07) is 6.64. The van der Waals surface area contributed by atoms with Gasteiger partial charge in [-0.15, -0.1) is 11.8 Å². The predicted molar refractivity (Wildman–Crippen MR) is 169 cm³/mol. The van der Waals surface area contributed by atoms with Gasteiger partial charge in [0.1, 0.15) is 5.78 Å². The molecule has 0 spiro atoms. The lowest BCUT2D eigenvalue weighted by Gasteiger charge is -2.28. The molecule has 0 bridgehead atoms. The number of nitrogens with two attached hydrogens (primary N) is 1. The molecule has 0 aromatic heterocycles. The highest BCUT2D eigenvalue weighted by atomic mass is 32.2. The number of likely N-dealkylation sites (tertiary alicyclic amines) is 2. The van der Waals surface area contributed by atoms with Crippen molar-refractivity contribution in [3.05, 3.63) is 29.8 Å². The van der Waals surface area contributed by atoms with Crippen LogP contribution in [0.5, 0.6) is 0 Å². The number of benzene rings is 1. The Hall–Kier alpha value is -3.66. The molecule has 252 valence electrons. The van der Waals surface area contributed by atoms with E-state index in [1.807, 2.05) is 12.1 Å². The van der Waals surface area contributed by atoms with Crippen LogP contribution in [0.4, 0.5) is 5.69 Å². The summed E-state index contributed by atoms with van der Waals surface area (Å²) in [6.45, 7) is 3.36. The van der Waals surface area contributed by atoms with Gasteiger partial charge in [0.2, 0.25) is 35.4 Å². The van der Waals surface area contributed by atoms with Crippen molar-refractivity contribution in [3.8, 4) is 0 Å². The van der Waals surface area contributed by atoms with Gasteiger partial charge in [0.15, 0.2) is 0 Å². The minimum absolute atomic E-state index is 0.00190. The summed E-state index contributed by atoms with van der Waals surface area (Å²) in [7, 11) is 0. The molecule has 2 fully saturated rings. The van der Waals surface area contributed by atoms with E-state index in [1.165, 1.54) is 16.7 Å². The van der Waals surface area contributed by atoms with Crippen molar-refractivity contribution in [2.75, 3.05) is 57.1 Å². The van der Waals surface area contributed by atoms with Gasteiger partial charge < -0.3 is 25.8 Å². The standard InChI is InChI=1S/C31H43N5O9S/c1-21(32)24(37)11-19-46-25-20-30(42)36(31(25)43)13-8-26(38)33-12-16-45-18-17-44-15-10-27(39)34-23-5-2-22(3-6-23)4-7-28(40)35-14-9-29(35)41/h2-3,5-6,21,25H,4,7-20,32H2,1H3,(H,33,38)(H,34,39). The molecule has 2 saturated heterocycles. The number of rotatable bonds is 21. The molecule has 0 radical (unpaired) electrons. The van der Waals surface area contributed by atoms with Crippen molar-refractivity contribution in [2.24, 2.45) is 5.73 Å². The minimum Gasteiger partial charge on any atom is -0.379 e. The third kappa shape index (κ3) is 12.3. The number of aryl methyl sites for hydroxylation is 1. The van der Waals surface area contributed by atoms with Crippen LogP contribution < -0.4 is 16.4 Å². The lowest BCUT2D eigenvalue weighted by molar-refractivity contribution is -0.152. The molecule has 2 atom stereocenters. The number of imide groups is 2. The number of β-lactam (4-membered cyclic amide) rings is 1. The number of ketones is 1. The molecule has 46 heavy (non-hydrogen) atoms. The van der Waals surface area contributed by atoms with Gasteiger partial charge >= 0.3 is 0 Å². The van der Waals surface area contributed by atoms with Crippen LogP contribution in [-0.2, 0) is 49.5 Å². The molecular weight excluding hydrogens is 618 g/mol. The van der Waals surface area contributed by atoms with Crippen LogP contribution in [0.1, 0.15) is 51.0 Å². The van der Waals surface area contributed by atoms with Crippen LogP contribution in [0.2, 0.25) is 0 Å². The van der Waals surface area contributed by atoms with Gasteiger partial charge in [-0.05, 0) is 31.0 Å². The van der Waals surface area contributed by atoms with Gasteiger partial charge in [-0.25, -0.2) is 0 Å². The van der Waals surface area contributed by atoms with E-state index in [9.17, 15) is 33.6 Å². The van der Waals surface area contributed by atoms with Crippen molar-refractivity contribution in [3.63, 3.8) is 0 Å². The van der Waals surface area contributed by atoms with E-state index >= 15 is 0 Å². The first-order valence-corrected chi connectivity index (χ1v) is 16.5. The maximum absolute atomic E-state index is 12.5. The van der Waals surface area contributed by atoms with Crippen LogP contribution in [-0.4, -0.2) is 114 Å². The molecule has 14 nitrogen and oxygen atoms in total. The van der Waals surface area contributed by atoms with Crippen molar-refractivity contribution >= 4 is 58.7 Å². The van der Waals surface area contributed by atoms with Crippen LogP contribution in [0.25, 0.3) is 0 Å². The first-order valence-electron chi connectivity index (χ1n) is 15.4. The van der Waals surface area contributed by atoms with E-state index in [0.717, 1.165) is 10.5 Å². The Bertz CT molecular complexity index is 1260. The fraction of sp³-hybridized carbons (Fsp3) is 0.581. The monoisotopic (exact) mass is 661 g/mol. The second-order valence-corrected chi connectivity index (χ2v) is 12.3. The number of carbonyl (C=O) groups is 7. The highest BCUT2D eigenvalue weighted by Gasteiger charge is 2.38. The van der Waals surface area contributed by atoms with Crippen molar-refractivity contribution in [1.82, 2.24) is 15.1 Å². The van der Waals surface area contributed by atoms with Gasteiger partial charge in [0.25, 0.3) is 0 Å². The zero-order valence-corrected chi connectivity index (χ0v) is 26.9. The molecule has 15 heteroatoms. The Morgan fingerprint density at radius 1 is 0.935 bits per heavy atom. The summed E-state index contributed by atoms with van der Waals surface area (Å²) >= 11 is 1.26. The summed E-state index contributed by atoms with van der Waals surface area (Å²) in [5.41, 5.74) is 7.10. The number of hydrogen-bond donors (Lipinski definition) is 3. The lowest BCUT2D eigenvalue weighted by atomic mass is 10.1. The van der Waals surface area contributed by atoms with Crippen LogP contribution in [0.3, 0.4) is 0 Å². The number of hydrogen-bond acceptors (Lipinski definition) is 11. The van der Waals surface area contributed by atoms with Gasteiger partial charge in [-0.3, -0.25) is 43.4 Å². The van der Waals surface area contributed by atoms with Crippen LogP contribution >= 0.6 is 11.8 Å². The predicted octanol–water partition coefficient (Wildman–Crippen LogP) is 0.413. The summed E-state index contributed by atoms with van der Waals surface area (Å²) in [4.78, 5) is 86.4. The number of amides is 6. The van der Waals surface area contributed by atoms with Gasteiger partial charge in [-0.1, -0.05) is 12.1 Å². The first kappa shape index (κ1) is 36.8. The molecule has 3 rings (SSSR count). The third-order valence-electron chi connectivity index (χ3n) is 7.37. The molecule has 0 saturated carbocycles. The number of Topliss-reactive ketones (excluding diaryl/α,β-unsaturated/α-hetero) is 1. The normalized spacial score (nSPS) is 16.7. The highest BCUT2D eigenvalue weighted by Crippen LogP contribution is 2.26. The van der Waals surface area contributed by atoms with E-state index in [2.05, 4.69) is 10.6 Å². The molecule has 2 unspecified atom stereocenters. The average Bonchev–Trinajstić information content (AvgIpc) is 3.29. The second-order valence-electron chi connectivity index (χ2n) is 11.0. The third-order valence-corrected chi connectivity index (χ3v) is 8.58. The minimum atomic E-state index is -0.555. The van der Waals surface area contributed by atoms with E-state index in [-0.39, 0.29) is 113 Å². The SMILES string of the molecule is CC(N)C(=O)CCSC1CC(=O)N(CCC(=O)NCCOCCOCCC(=O)Nc2ccc(CCC(=O)N3CCC3=O)cc2)C1=O. The first-order chi connectivity index (χ1) is 22.0. The highest BCUT2D eigenvalue weighted by molar-refractivity contribution is 8.00. The zero-order valence-electron chi connectivity index (χ0n) is 26.1. The molecule has 2 aliphatic heterocycles. The molecule has 6 amide bonds. The van der Waals surface area contributed by atoms with Gasteiger partial charge in [-0.2, -0.15) is 0 Å². The van der Waals surface area contributed by atoms with E-state index in [4.69, 9.17) is 15.2 Å². The van der Waals surface area contributed by atoms with Crippen molar-refractivity contribution in [1.29, 1.82) is 0 Å². The summed E-state index contributed by atoms with van der Waals surface area (Å²) in [5, 5.41) is 4.93. The molecule has 0 aliphatic carbocycles. The average molecular weight is 662 g/mol. The summed E-state index contributed by atoms with van der Waals surface area (Å²) < 4.78 is 10.9. The quantitative estimate of drug-likeness (QED) is 0.0939. The largest absolute Gasteiger partial charge is 0.379 e. The number of carbonyl (C=O) groups excluding carboxylic acids is 7. The van der Waals surface area contributed by atoms with Gasteiger partial charge in [0.05, 0.1) is 44.1 Å². The Kier molecular flexibility index (Phi) is 15.3. The van der Waals surface area contributed by atoms with E-state index in [0.29, 0.717) is 30.8 Å². The molecule has 2 aliphatic rings. The molecule has 4 N–H and O–H groups in total. The zero-order chi connectivity index (χ0) is 33.5. The topological polar surface area (TPSA) is 195 Å². The number of nitrogens with zero attached hydrogens (tertiary/aromatic N) is 2. The van der Waals surface area contributed by atoms with Crippen LogP contribution in [0.15, 0.2) is 24.3 Å². The smallest absolute Gasteiger partial charge is 0.242 e. The van der Waals surface area contributed by atoms with Crippen molar-refractivity contribution in [2.45, 2.75) is 63.2 Å². The fourth-order valence-electron chi connectivity index (χ4n) is 4.54. The van der Waals surface area contributed by atoms with Crippen molar-refractivity contribution < 1.29 is 43.0 Å².